The van der Waals surface area contributed by atoms with Gasteiger partial charge in [0.05, 0.1) is 6.54 Å². The Bertz CT molecular complexity index is 1060. The average molecular weight is 396 g/mol. The Labute approximate surface area is 169 Å². The topological polar surface area (TPSA) is 51.5 Å². The molecule has 3 aromatic rings. The second-order valence-corrected chi connectivity index (χ2v) is 8.13. The summed E-state index contributed by atoms with van der Waals surface area (Å²) in [6.45, 7) is 4.12. The maximum absolute atomic E-state index is 13.3. The van der Waals surface area contributed by atoms with Crippen molar-refractivity contribution >= 4 is 11.6 Å². The Hall–Kier alpha value is -2.56. The van der Waals surface area contributed by atoms with Gasteiger partial charge in [-0.25, -0.2) is 0 Å². The van der Waals surface area contributed by atoms with E-state index in [-0.39, 0.29) is 5.56 Å². The van der Waals surface area contributed by atoms with Gasteiger partial charge in [-0.3, -0.25) is 4.79 Å². The summed E-state index contributed by atoms with van der Waals surface area (Å²) in [5, 5.41) is 11.6. The molecule has 2 unspecified atom stereocenters. The van der Waals surface area contributed by atoms with E-state index < -0.39 is 17.6 Å². The highest BCUT2D eigenvalue weighted by molar-refractivity contribution is 6.30. The number of halogens is 1. The van der Waals surface area contributed by atoms with Gasteiger partial charge in [-0.1, -0.05) is 48.0 Å². The van der Waals surface area contributed by atoms with E-state index in [4.69, 9.17) is 16.3 Å². The van der Waals surface area contributed by atoms with Crippen LogP contribution in [0, 0.1) is 0 Å². The highest BCUT2D eigenvalue weighted by atomic mass is 35.5. The van der Waals surface area contributed by atoms with Crippen molar-refractivity contribution in [2.24, 2.45) is 0 Å². The van der Waals surface area contributed by atoms with Gasteiger partial charge in [0.25, 0.3) is 5.56 Å². The minimum Gasteiger partial charge on any atom is -0.485 e. The number of benzene rings is 2. The zero-order chi connectivity index (χ0) is 19.9. The lowest BCUT2D eigenvalue weighted by Gasteiger charge is -2.42. The molecule has 0 aliphatic carbocycles. The van der Waals surface area contributed by atoms with Gasteiger partial charge < -0.3 is 14.4 Å². The second kappa shape index (κ2) is 7.12. The molecule has 0 fully saturated rings. The normalized spacial score (nSPS) is 20.3. The van der Waals surface area contributed by atoms with E-state index >= 15 is 0 Å². The molecule has 0 radical (unpaired) electrons. The first-order valence-corrected chi connectivity index (χ1v) is 9.64. The molecule has 2 aromatic carbocycles. The highest BCUT2D eigenvalue weighted by Gasteiger charge is 2.44. The predicted molar refractivity (Wildman–Crippen MR) is 110 cm³/mol. The van der Waals surface area contributed by atoms with Crippen LogP contribution in [0.3, 0.4) is 0 Å². The number of rotatable bonds is 3. The molecule has 0 bridgehead atoms. The molecular formula is C23H22ClNO3. The zero-order valence-electron chi connectivity index (χ0n) is 15.8. The summed E-state index contributed by atoms with van der Waals surface area (Å²) in [4.78, 5) is 13.3. The summed E-state index contributed by atoms with van der Waals surface area (Å²) in [7, 11) is 0. The quantitative estimate of drug-likeness (QED) is 0.722. The fourth-order valence-electron chi connectivity index (χ4n) is 3.80. The molecule has 0 spiro atoms. The van der Waals surface area contributed by atoms with Crippen LogP contribution < -0.4 is 10.3 Å². The van der Waals surface area contributed by atoms with Gasteiger partial charge in [-0.2, -0.15) is 0 Å². The maximum Gasteiger partial charge on any atom is 0.254 e. The summed E-state index contributed by atoms with van der Waals surface area (Å²) >= 11 is 6.21. The Morgan fingerprint density at radius 3 is 2.57 bits per heavy atom. The third-order valence-corrected chi connectivity index (χ3v) is 5.52. The highest BCUT2D eigenvalue weighted by Crippen LogP contribution is 2.44. The van der Waals surface area contributed by atoms with Crippen LogP contribution in [0.15, 0.2) is 71.7 Å². The number of fused-ring (bicyclic) bond motifs is 1. The second-order valence-electron chi connectivity index (χ2n) is 7.69. The molecule has 1 aliphatic heterocycles. The lowest BCUT2D eigenvalue weighted by molar-refractivity contribution is -0.0514. The average Bonchev–Trinajstić information content (AvgIpc) is 2.66. The Kier molecular flexibility index (Phi) is 4.77. The molecule has 1 aliphatic rings. The molecular weight excluding hydrogens is 374 g/mol. The molecule has 2 atom stereocenters. The van der Waals surface area contributed by atoms with E-state index in [1.54, 1.807) is 35.0 Å². The Morgan fingerprint density at radius 1 is 1.07 bits per heavy atom. The number of nitrogens with zero attached hydrogens (tertiary/aromatic N) is 1. The molecule has 28 heavy (non-hydrogen) atoms. The first-order valence-electron chi connectivity index (χ1n) is 9.26. The lowest BCUT2D eigenvalue weighted by atomic mass is 9.78. The van der Waals surface area contributed by atoms with Gasteiger partial charge >= 0.3 is 0 Å². The van der Waals surface area contributed by atoms with Gasteiger partial charge in [-0.05, 0) is 43.7 Å². The first-order chi connectivity index (χ1) is 13.4. The van der Waals surface area contributed by atoms with Crippen LogP contribution in [0.5, 0.6) is 5.75 Å². The molecule has 144 valence electrons. The van der Waals surface area contributed by atoms with Crippen molar-refractivity contribution in [3.63, 3.8) is 0 Å². The summed E-state index contributed by atoms with van der Waals surface area (Å²) in [5.74, 6) is 0.121. The van der Waals surface area contributed by atoms with Crippen LogP contribution in [0.1, 0.15) is 36.5 Å². The minimum atomic E-state index is -0.890. The van der Waals surface area contributed by atoms with E-state index in [0.717, 1.165) is 11.1 Å². The van der Waals surface area contributed by atoms with Crippen molar-refractivity contribution in [2.75, 3.05) is 0 Å². The summed E-state index contributed by atoms with van der Waals surface area (Å²) in [6.07, 6.45) is 0.882. The molecule has 0 saturated carbocycles. The maximum atomic E-state index is 13.3. The van der Waals surface area contributed by atoms with Crippen LogP contribution in [0.2, 0.25) is 5.02 Å². The number of hydrogen-bond acceptors (Lipinski definition) is 3. The minimum absolute atomic E-state index is 0.126. The molecule has 2 heterocycles. The number of pyridine rings is 1. The molecule has 0 amide bonds. The van der Waals surface area contributed by atoms with E-state index in [9.17, 15) is 9.90 Å². The molecule has 1 aromatic heterocycles. The van der Waals surface area contributed by atoms with E-state index in [2.05, 4.69) is 0 Å². The summed E-state index contributed by atoms with van der Waals surface area (Å²) in [5.41, 5.74) is 1.34. The van der Waals surface area contributed by atoms with Crippen LogP contribution in [-0.4, -0.2) is 21.4 Å². The van der Waals surface area contributed by atoms with Gasteiger partial charge in [0.2, 0.25) is 0 Å². The standard InChI is InChI=1S/C23H22ClNO3/c1-23(2)21(26)20(18-13-16(24)10-11-19(18)28-23)17-9-6-12-25(22(17)27)14-15-7-4-3-5-8-15/h3-13,20-21,26H,14H2,1-2H3. The number of aliphatic hydroxyl groups is 1. The number of aliphatic hydroxyl groups excluding tert-OH is 1. The lowest BCUT2D eigenvalue weighted by Crippen LogP contribution is -2.50. The monoisotopic (exact) mass is 395 g/mol. The number of hydrogen-bond donors (Lipinski definition) is 1. The van der Waals surface area contributed by atoms with Gasteiger partial charge in [0, 0.05) is 28.3 Å². The van der Waals surface area contributed by atoms with Crippen molar-refractivity contribution in [3.05, 3.63) is 98.9 Å². The third-order valence-electron chi connectivity index (χ3n) is 5.29. The largest absolute Gasteiger partial charge is 0.485 e. The molecule has 5 heteroatoms. The Balaban J connectivity index is 1.83. The summed E-state index contributed by atoms with van der Waals surface area (Å²) in [6, 6.07) is 18.8. The van der Waals surface area contributed by atoms with Crippen LogP contribution in [0.25, 0.3) is 0 Å². The molecule has 0 saturated heterocycles. The molecule has 4 rings (SSSR count). The van der Waals surface area contributed by atoms with Gasteiger partial charge in [0.1, 0.15) is 17.5 Å². The van der Waals surface area contributed by atoms with Crippen molar-refractivity contribution < 1.29 is 9.84 Å². The SMILES string of the molecule is CC1(C)Oc2ccc(Cl)cc2C(c2cccn(Cc3ccccc3)c2=O)C1O. The van der Waals surface area contributed by atoms with Crippen molar-refractivity contribution in [1.82, 2.24) is 4.57 Å². The zero-order valence-corrected chi connectivity index (χ0v) is 16.6. The van der Waals surface area contributed by atoms with E-state index in [1.165, 1.54) is 0 Å². The van der Waals surface area contributed by atoms with Crippen molar-refractivity contribution in [1.29, 1.82) is 0 Å². The van der Waals surface area contributed by atoms with Crippen molar-refractivity contribution in [2.45, 2.75) is 38.0 Å². The molecule has 4 nitrogen and oxygen atoms in total. The van der Waals surface area contributed by atoms with E-state index in [0.29, 0.717) is 22.9 Å². The third kappa shape index (κ3) is 3.34. The first kappa shape index (κ1) is 18.8. The van der Waals surface area contributed by atoms with E-state index in [1.807, 2.05) is 50.2 Å². The van der Waals surface area contributed by atoms with Gasteiger partial charge in [0.15, 0.2) is 0 Å². The van der Waals surface area contributed by atoms with Crippen LogP contribution >= 0.6 is 11.6 Å². The smallest absolute Gasteiger partial charge is 0.254 e. The van der Waals surface area contributed by atoms with Gasteiger partial charge in [-0.15, -0.1) is 0 Å². The fourth-order valence-corrected chi connectivity index (χ4v) is 3.99. The fraction of sp³-hybridized carbons (Fsp3) is 0.261. The molecule has 1 N–H and O–H groups in total. The Morgan fingerprint density at radius 2 is 1.82 bits per heavy atom. The van der Waals surface area contributed by atoms with Crippen molar-refractivity contribution in [3.8, 4) is 5.75 Å². The number of aromatic nitrogens is 1. The number of ether oxygens (including phenoxy) is 1. The predicted octanol–water partition coefficient (Wildman–Crippen LogP) is 4.21. The van der Waals surface area contributed by atoms with Crippen LogP contribution in [0.4, 0.5) is 0 Å². The summed E-state index contributed by atoms with van der Waals surface area (Å²) < 4.78 is 7.66. The van der Waals surface area contributed by atoms with Crippen LogP contribution in [-0.2, 0) is 6.54 Å².